The van der Waals surface area contributed by atoms with Crippen molar-refractivity contribution in [3.8, 4) is 0 Å². The van der Waals surface area contributed by atoms with Gasteiger partial charge in [0.1, 0.15) is 6.33 Å². The number of hydrazine groups is 1. The van der Waals surface area contributed by atoms with E-state index in [2.05, 4.69) is 36.7 Å². The predicted octanol–water partition coefficient (Wildman–Crippen LogP) is 3.15. The van der Waals surface area contributed by atoms with Gasteiger partial charge in [0.15, 0.2) is 5.82 Å². The molecule has 0 unspecified atom stereocenters. The SMILES string of the molecule is O=C(NNc1ncnc2ccccc12)c1cccc(Br)c1. The fourth-order valence-electron chi connectivity index (χ4n) is 1.92. The predicted molar refractivity (Wildman–Crippen MR) is 84.8 cm³/mol. The fraction of sp³-hybridized carbons (Fsp3) is 0. The van der Waals surface area contributed by atoms with Gasteiger partial charge in [-0.2, -0.15) is 0 Å². The highest BCUT2D eigenvalue weighted by molar-refractivity contribution is 9.10. The second-order valence-electron chi connectivity index (χ2n) is 4.33. The third kappa shape index (κ3) is 3.00. The molecule has 0 bridgehead atoms. The van der Waals surface area contributed by atoms with Gasteiger partial charge in [0.25, 0.3) is 5.91 Å². The maximum Gasteiger partial charge on any atom is 0.269 e. The second kappa shape index (κ2) is 5.88. The summed E-state index contributed by atoms with van der Waals surface area (Å²) < 4.78 is 0.850. The maximum absolute atomic E-state index is 12.1. The summed E-state index contributed by atoms with van der Waals surface area (Å²) in [5.41, 5.74) is 6.84. The maximum atomic E-state index is 12.1. The molecule has 0 spiro atoms. The molecule has 2 N–H and O–H groups in total. The molecular weight excluding hydrogens is 332 g/mol. The Morgan fingerprint density at radius 1 is 1.05 bits per heavy atom. The first-order valence-electron chi connectivity index (χ1n) is 6.26. The lowest BCUT2D eigenvalue weighted by Crippen LogP contribution is -2.29. The van der Waals surface area contributed by atoms with Crippen molar-refractivity contribution in [1.29, 1.82) is 0 Å². The number of hydrogen-bond donors (Lipinski definition) is 2. The van der Waals surface area contributed by atoms with E-state index < -0.39 is 0 Å². The molecule has 0 saturated heterocycles. The van der Waals surface area contributed by atoms with Crippen molar-refractivity contribution in [2.75, 3.05) is 5.43 Å². The number of carbonyl (C=O) groups is 1. The quantitative estimate of drug-likeness (QED) is 0.717. The number of para-hydroxylation sites is 1. The Kier molecular flexibility index (Phi) is 3.79. The van der Waals surface area contributed by atoms with E-state index >= 15 is 0 Å². The number of halogens is 1. The zero-order valence-corrected chi connectivity index (χ0v) is 12.5. The van der Waals surface area contributed by atoms with Gasteiger partial charge in [-0.25, -0.2) is 9.97 Å². The Hall–Kier alpha value is -2.47. The summed E-state index contributed by atoms with van der Waals surface area (Å²) in [4.78, 5) is 20.4. The molecule has 0 saturated carbocycles. The van der Waals surface area contributed by atoms with Crippen LogP contribution < -0.4 is 10.9 Å². The van der Waals surface area contributed by atoms with Crippen LogP contribution in [0.4, 0.5) is 5.82 Å². The summed E-state index contributed by atoms with van der Waals surface area (Å²) in [5, 5.41) is 0.842. The number of nitrogens with zero attached hydrogens (tertiary/aromatic N) is 2. The minimum atomic E-state index is -0.237. The van der Waals surface area contributed by atoms with Crippen molar-refractivity contribution < 1.29 is 4.79 Å². The number of benzene rings is 2. The minimum absolute atomic E-state index is 0.237. The zero-order valence-electron chi connectivity index (χ0n) is 10.9. The van der Waals surface area contributed by atoms with Crippen molar-refractivity contribution in [3.63, 3.8) is 0 Å². The molecular formula is C15H11BrN4O. The van der Waals surface area contributed by atoms with Gasteiger partial charge in [-0.15, -0.1) is 0 Å². The van der Waals surface area contributed by atoms with E-state index in [1.807, 2.05) is 30.3 Å². The fourth-order valence-corrected chi connectivity index (χ4v) is 2.32. The largest absolute Gasteiger partial charge is 0.281 e. The van der Waals surface area contributed by atoms with Crippen molar-refractivity contribution in [2.45, 2.75) is 0 Å². The van der Waals surface area contributed by atoms with Crippen LogP contribution in [0.5, 0.6) is 0 Å². The monoisotopic (exact) mass is 342 g/mol. The van der Waals surface area contributed by atoms with Gasteiger partial charge in [0.2, 0.25) is 0 Å². The van der Waals surface area contributed by atoms with E-state index in [1.165, 1.54) is 6.33 Å². The number of amides is 1. The van der Waals surface area contributed by atoms with Crippen molar-refractivity contribution in [2.24, 2.45) is 0 Å². The van der Waals surface area contributed by atoms with Crippen LogP contribution in [0.2, 0.25) is 0 Å². The lowest BCUT2D eigenvalue weighted by Gasteiger charge is -2.09. The van der Waals surface area contributed by atoms with E-state index in [9.17, 15) is 4.79 Å². The van der Waals surface area contributed by atoms with Crippen molar-refractivity contribution in [1.82, 2.24) is 15.4 Å². The first-order valence-corrected chi connectivity index (χ1v) is 7.05. The summed E-state index contributed by atoms with van der Waals surface area (Å²) >= 11 is 3.34. The molecule has 1 aromatic heterocycles. The average Bonchev–Trinajstić information content (AvgIpc) is 2.52. The van der Waals surface area contributed by atoms with Crippen molar-refractivity contribution >= 4 is 38.6 Å². The van der Waals surface area contributed by atoms with Gasteiger partial charge in [0.05, 0.1) is 5.52 Å². The summed E-state index contributed by atoms with van der Waals surface area (Å²) in [6.07, 6.45) is 1.45. The molecule has 0 aliphatic carbocycles. The normalized spacial score (nSPS) is 10.3. The van der Waals surface area contributed by atoms with Gasteiger partial charge < -0.3 is 0 Å². The van der Waals surface area contributed by atoms with E-state index in [0.717, 1.165) is 15.4 Å². The molecule has 0 radical (unpaired) electrons. The Morgan fingerprint density at radius 3 is 2.76 bits per heavy atom. The van der Waals surface area contributed by atoms with Gasteiger partial charge in [0, 0.05) is 15.4 Å². The highest BCUT2D eigenvalue weighted by Gasteiger charge is 2.07. The van der Waals surface area contributed by atoms with Crippen LogP contribution in [0.3, 0.4) is 0 Å². The Morgan fingerprint density at radius 2 is 1.90 bits per heavy atom. The van der Waals surface area contributed by atoms with E-state index in [-0.39, 0.29) is 5.91 Å². The molecule has 2 aromatic carbocycles. The molecule has 0 fully saturated rings. The van der Waals surface area contributed by atoms with Gasteiger partial charge in [-0.1, -0.05) is 34.1 Å². The minimum Gasteiger partial charge on any atom is -0.281 e. The third-order valence-electron chi connectivity index (χ3n) is 2.92. The molecule has 5 nitrogen and oxygen atoms in total. The second-order valence-corrected chi connectivity index (χ2v) is 5.24. The Bertz CT molecular complexity index is 801. The number of rotatable bonds is 3. The standard InChI is InChI=1S/C15H11BrN4O/c16-11-5-3-4-10(8-11)15(21)20-19-14-12-6-1-2-7-13(12)17-9-18-14/h1-9H,(H,20,21)(H,17,18,19). The topological polar surface area (TPSA) is 66.9 Å². The molecule has 1 amide bonds. The summed E-state index contributed by atoms with van der Waals surface area (Å²) in [6.45, 7) is 0. The van der Waals surface area contributed by atoms with Crippen LogP contribution in [-0.2, 0) is 0 Å². The number of anilines is 1. The molecule has 3 aromatic rings. The van der Waals surface area contributed by atoms with Crippen LogP contribution in [-0.4, -0.2) is 15.9 Å². The number of fused-ring (bicyclic) bond motifs is 1. The van der Waals surface area contributed by atoms with Crippen LogP contribution >= 0.6 is 15.9 Å². The lowest BCUT2D eigenvalue weighted by molar-refractivity contribution is 0.0962. The van der Waals surface area contributed by atoms with Gasteiger partial charge >= 0.3 is 0 Å². The van der Waals surface area contributed by atoms with E-state index in [4.69, 9.17) is 0 Å². The van der Waals surface area contributed by atoms with Crippen LogP contribution in [0.25, 0.3) is 10.9 Å². The van der Waals surface area contributed by atoms with Crippen LogP contribution in [0, 0.1) is 0 Å². The van der Waals surface area contributed by atoms with E-state index in [1.54, 1.807) is 18.2 Å². The van der Waals surface area contributed by atoms with Crippen molar-refractivity contribution in [3.05, 3.63) is 64.9 Å². The summed E-state index contributed by atoms with van der Waals surface area (Å²) in [5.74, 6) is 0.322. The number of hydrogen-bond acceptors (Lipinski definition) is 4. The zero-order chi connectivity index (χ0) is 14.7. The Balaban J connectivity index is 1.79. The molecule has 0 atom stereocenters. The van der Waals surface area contributed by atoms with Crippen LogP contribution in [0.1, 0.15) is 10.4 Å². The number of nitrogens with one attached hydrogen (secondary N) is 2. The highest BCUT2D eigenvalue weighted by atomic mass is 79.9. The van der Waals surface area contributed by atoms with Crippen LogP contribution in [0.15, 0.2) is 59.3 Å². The van der Waals surface area contributed by atoms with E-state index in [0.29, 0.717) is 11.4 Å². The molecule has 21 heavy (non-hydrogen) atoms. The molecule has 0 aliphatic rings. The molecule has 0 aliphatic heterocycles. The Labute approximate surface area is 129 Å². The molecule has 6 heteroatoms. The highest BCUT2D eigenvalue weighted by Crippen LogP contribution is 2.17. The first kappa shape index (κ1) is 13.5. The lowest BCUT2D eigenvalue weighted by atomic mass is 10.2. The van der Waals surface area contributed by atoms with Gasteiger partial charge in [-0.3, -0.25) is 15.6 Å². The summed E-state index contributed by atoms with van der Waals surface area (Å²) in [6, 6.07) is 14.7. The molecule has 104 valence electrons. The first-order chi connectivity index (χ1) is 10.2. The average molecular weight is 343 g/mol. The van der Waals surface area contributed by atoms with Gasteiger partial charge in [-0.05, 0) is 30.3 Å². The number of aromatic nitrogens is 2. The smallest absolute Gasteiger partial charge is 0.269 e. The molecule has 1 heterocycles. The number of carbonyl (C=O) groups excluding carboxylic acids is 1. The summed E-state index contributed by atoms with van der Waals surface area (Å²) in [7, 11) is 0. The third-order valence-corrected chi connectivity index (χ3v) is 3.42. The molecule has 3 rings (SSSR count).